The number of carbonyl (C=O) groups excluding carboxylic acids is 1. The molecule has 2 aliphatic rings. The Kier molecular flexibility index (Phi) is 7.94. The lowest BCUT2D eigenvalue weighted by Gasteiger charge is -2.42. The highest BCUT2D eigenvalue weighted by atomic mass is 19.1. The molecule has 0 radical (unpaired) electrons. The number of carbonyl (C=O) groups is 1. The Balaban J connectivity index is 1.33. The second kappa shape index (κ2) is 11.5. The van der Waals surface area contributed by atoms with Crippen LogP contribution in [0.1, 0.15) is 37.2 Å². The van der Waals surface area contributed by atoms with E-state index in [1.165, 1.54) is 6.07 Å². The van der Waals surface area contributed by atoms with Crippen LogP contribution in [0.3, 0.4) is 0 Å². The summed E-state index contributed by atoms with van der Waals surface area (Å²) < 4.78 is 15.3. The van der Waals surface area contributed by atoms with Gasteiger partial charge in [0.2, 0.25) is 0 Å². The minimum absolute atomic E-state index is 0.0466. The van der Waals surface area contributed by atoms with Gasteiger partial charge in [0, 0.05) is 63.2 Å². The number of halogens is 1. The fourth-order valence-corrected chi connectivity index (χ4v) is 5.28. The van der Waals surface area contributed by atoms with E-state index in [-0.39, 0.29) is 23.4 Å². The van der Waals surface area contributed by atoms with Gasteiger partial charge in [-0.1, -0.05) is 0 Å². The molecule has 2 aromatic heterocycles. The van der Waals surface area contributed by atoms with Crippen LogP contribution in [0.5, 0.6) is 0 Å². The maximum Gasteiger partial charge on any atom is 0.271 e. The standard InChI is InChI=1S/C27H37FN10O/c1-17(2)31-26-23(21-6-9-30-35-21)33-24(25(29)39)27(34-26)32-18-4-5-22(20(28)16-18)38-10-7-19(8-11-38)37-14-12-36(3)13-15-37/h4-6,9,16-17,19H,7-8,10-15H2,1-3H3,(H2,29,39)(H,30,35)(H2,31,32,34). The van der Waals surface area contributed by atoms with Gasteiger partial charge in [-0.05, 0) is 58.0 Å². The monoisotopic (exact) mass is 536 g/mol. The van der Waals surface area contributed by atoms with Crippen molar-refractivity contribution in [2.75, 3.05) is 61.8 Å². The van der Waals surface area contributed by atoms with Crippen molar-refractivity contribution >= 4 is 28.9 Å². The zero-order valence-electron chi connectivity index (χ0n) is 22.7. The van der Waals surface area contributed by atoms with E-state index < -0.39 is 5.91 Å². The number of rotatable bonds is 8. The van der Waals surface area contributed by atoms with Gasteiger partial charge < -0.3 is 26.2 Å². The zero-order chi connectivity index (χ0) is 27.5. The lowest BCUT2D eigenvalue weighted by molar-refractivity contribution is 0.0981. The van der Waals surface area contributed by atoms with Crippen molar-refractivity contribution < 1.29 is 9.18 Å². The summed E-state index contributed by atoms with van der Waals surface area (Å²) in [5.41, 5.74) is 7.64. The summed E-state index contributed by atoms with van der Waals surface area (Å²) in [7, 11) is 2.17. The van der Waals surface area contributed by atoms with Crippen molar-refractivity contribution in [2.45, 2.75) is 38.8 Å². The zero-order valence-corrected chi connectivity index (χ0v) is 22.7. The van der Waals surface area contributed by atoms with Gasteiger partial charge in [0.05, 0.1) is 11.4 Å². The number of hydrogen-bond acceptors (Lipinski definition) is 9. The van der Waals surface area contributed by atoms with Crippen molar-refractivity contribution in [2.24, 2.45) is 5.73 Å². The van der Waals surface area contributed by atoms with Crippen LogP contribution in [0.15, 0.2) is 30.5 Å². The van der Waals surface area contributed by atoms with Crippen LogP contribution < -0.4 is 21.3 Å². The predicted octanol–water partition coefficient (Wildman–Crippen LogP) is 2.88. The first-order valence-electron chi connectivity index (χ1n) is 13.5. The van der Waals surface area contributed by atoms with Crippen LogP contribution in [-0.4, -0.2) is 94.3 Å². The van der Waals surface area contributed by atoms with Crippen LogP contribution >= 0.6 is 0 Å². The van der Waals surface area contributed by atoms with E-state index in [1.54, 1.807) is 24.4 Å². The molecule has 0 atom stereocenters. The maximum absolute atomic E-state index is 15.3. The summed E-state index contributed by atoms with van der Waals surface area (Å²) in [6.07, 6.45) is 3.63. The molecule has 0 spiro atoms. The lowest BCUT2D eigenvalue weighted by atomic mass is 10.0. The average molecular weight is 537 g/mol. The third kappa shape index (κ3) is 6.12. The second-order valence-electron chi connectivity index (χ2n) is 10.6. The molecule has 0 unspecified atom stereocenters. The molecule has 2 aliphatic heterocycles. The number of primary amides is 1. The number of benzene rings is 1. The predicted molar refractivity (Wildman–Crippen MR) is 151 cm³/mol. The van der Waals surface area contributed by atoms with Crippen LogP contribution in [0.25, 0.3) is 11.4 Å². The quantitative estimate of drug-likeness (QED) is 0.343. The first-order valence-corrected chi connectivity index (χ1v) is 13.5. The molecule has 1 aromatic carbocycles. The Hall–Kier alpha value is -3.77. The molecule has 0 aliphatic carbocycles. The largest absolute Gasteiger partial charge is 0.369 e. The molecule has 39 heavy (non-hydrogen) atoms. The normalized spacial score (nSPS) is 17.5. The molecule has 12 heteroatoms. The maximum atomic E-state index is 15.3. The third-order valence-electron chi connectivity index (χ3n) is 7.38. The molecule has 2 fully saturated rings. The van der Waals surface area contributed by atoms with Gasteiger partial charge in [-0.2, -0.15) is 5.10 Å². The van der Waals surface area contributed by atoms with E-state index in [9.17, 15) is 4.79 Å². The minimum atomic E-state index is -0.748. The van der Waals surface area contributed by atoms with Crippen molar-refractivity contribution in [3.05, 3.63) is 42.0 Å². The number of amides is 1. The number of aromatic nitrogens is 4. The molecule has 0 saturated carbocycles. The van der Waals surface area contributed by atoms with Gasteiger partial charge in [0.1, 0.15) is 11.5 Å². The van der Waals surface area contributed by atoms with Gasteiger partial charge in [-0.15, -0.1) is 0 Å². The van der Waals surface area contributed by atoms with E-state index >= 15 is 4.39 Å². The Morgan fingerprint density at radius 3 is 2.44 bits per heavy atom. The summed E-state index contributed by atoms with van der Waals surface area (Å²) in [6, 6.07) is 7.32. The van der Waals surface area contributed by atoms with Crippen LogP contribution in [-0.2, 0) is 0 Å². The number of hydrogen-bond donors (Lipinski definition) is 4. The number of nitrogens with two attached hydrogens (primary N) is 1. The molecule has 5 rings (SSSR count). The summed E-state index contributed by atoms with van der Waals surface area (Å²) in [5, 5.41) is 13.1. The number of nitrogens with one attached hydrogen (secondary N) is 3. The van der Waals surface area contributed by atoms with E-state index in [0.29, 0.717) is 34.6 Å². The molecule has 4 heterocycles. The lowest BCUT2D eigenvalue weighted by Crippen LogP contribution is -2.52. The van der Waals surface area contributed by atoms with Crippen molar-refractivity contribution in [3.63, 3.8) is 0 Å². The van der Waals surface area contributed by atoms with E-state index in [1.807, 2.05) is 13.8 Å². The molecular weight excluding hydrogens is 499 g/mol. The summed E-state index contributed by atoms with van der Waals surface area (Å²) >= 11 is 0. The Bertz CT molecular complexity index is 1280. The van der Waals surface area contributed by atoms with Crippen LogP contribution in [0.4, 0.5) is 27.4 Å². The third-order valence-corrected chi connectivity index (χ3v) is 7.38. The fraction of sp³-hybridized carbons (Fsp3) is 0.481. The molecular formula is C27H37FN10O. The second-order valence-corrected chi connectivity index (χ2v) is 10.6. The number of aromatic amines is 1. The molecule has 2 saturated heterocycles. The molecule has 1 amide bonds. The van der Waals surface area contributed by atoms with Gasteiger partial charge in [0.15, 0.2) is 17.3 Å². The SMILES string of the molecule is CC(C)Nc1nc(Nc2ccc(N3CCC(N4CCN(C)CC4)CC3)c(F)c2)c(C(N)=O)nc1-c1ccn[nH]1. The summed E-state index contributed by atoms with van der Waals surface area (Å²) in [5.74, 6) is -0.487. The van der Waals surface area contributed by atoms with Crippen molar-refractivity contribution in [1.29, 1.82) is 0 Å². The Morgan fingerprint density at radius 2 is 1.82 bits per heavy atom. The Morgan fingerprint density at radius 1 is 1.08 bits per heavy atom. The first kappa shape index (κ1) is 26.8. The highest BCUT2D eigenvalue weighted by molar-refractivity contribution is 5.97. The number of piperidine rings is 1. The number of anilines is 4. The number of nitrogens with zero attached hydrogens (tertiary/aromatic N) is 6. The number of H-pyrrole nitrogens is 1. The van der Waals surface area contributed by atoms with Gasteiger partial charge >= 0.3 is 0 Å². The number of likely N-dealkylation sites (N-methyl/N-ethyl adjacent to an activating group) is 1. The minimum Gasteiger partial charge on any atom is -0.369 e. The van der Waals surface area contributed by atoms with Crippen molar-refractivity contribution in [1.82, 2.24) is 30.0 Å². The van der Waals surface area contributed by atoms with Crippen LogP contribution in [0, 0.1) is 5.82 Å². The van der Waals surface area contributed by atoms with Gasteiger partial charge in [-0.3, -0.25) is 14.8 Å². The highest BCUT2D eigenvalue weighted by Gasteiger charge is 2.28. The van der Waals surface area contributed by atoms with Crippen LogP contribution in [0.2, 0.25) is 0 Å². The smallest absolute Gasteiger partial charge is 0.271 e. The highest BCUT2D eigenvalue weighted by Crippen LogP contribution is 2.31. The summed E-state index contributed by atoms with van der Waals surface area (Å²) in [4.78, 5) is 28.5. The van der Waals surface area contributed by atoms with Gasteiger partial charge in [-0.25, -0.2) is 14.4 Å². The fourth-order valence-electron chi connectivity index (χ4n) is 5.28. The Labute approximate surface area is 228 Å². The van der Waals surface area contributed by atoms with E-state index in [4.69, 9.17) is 5.73 Å². The molecule has 5 N–H and O–H groups in total. The first-order chi connectivity index (χ1) is 18.8. The molecule has 11 nitrogen and oxygen atoms in total. The van der Waals surface area contributed by atoms with Crippen molar-refractivity contribution in [3.8, 4) is 11.4 Å². The molecule has 3 aromatic rings. The summed E-state index contributed by atoms with van der Waals surface area (Å²) in [6.45, 7) is 9.98. The van der Waals surface area contributed by atoms with Gasteiger partial charge in [0.25, 0.3) is 5.91 Å². The molecule has 208 valence electrons. The van der Waals surface area contributed by atoms with E-state index in [2.05, 4.69) is 52.5 Å². The topological polar surface area (TPSA) is 131 Å². The average Bonchev–Trinajstić information content (AvgIpc) is 3.44. The molecule has 0 bridgehead atoms. The number of piperazine rings is 1. The van der Waals surface area contributed by atoms with E-state index in [0.717, 1.165) is 52.1 Å².